The summed E-state index contributed by atoms with van der Waals surface area (Å²) in [6.45, 7) is 6.27. The quantitative estimate of drug-likeness (QED) is 0.685. The lowest BCUT2D eigenvalue weighted by Crippen LogP contribution is -2.42. The van der Waals surface area contributed by atoms with Crippen molar-refractivity contribution in [1.82, 2.24) is 25.4 Å². The molecule has 2 aromatic rings. The number of nitrogens with zero attached hydrogens (tertiary/aromatic N) is 3. The van der Waals surface area contributed by atoms with Crippen molar-refractivity contribution in [1.29, 1.82) is 0 Å². The number of aromatic nitrogens is 3. The zero-order valence-electron chi connectivity index (χ0n) is 15.0. The van der Waals surface area contributed by atoms with E-state index >= 15 is 0 Å². The first-order valence-corrected chi connectivity index (χ1v) is 8.72. The van der Waals surface area contributed by atoms with Crippen LogP contribution in [0.25, 0.3) is 5.69 Å². The minimum Gasteiger partial charge on any atom is -0.391 e. The largest absolute Gasteiger partial charge is 0.391 e. The highest BCUT2D eigenvalue weighted by atomic mass is 16.3. The Morgan fingerprint density at radius 2 is 1.92 bits per heavy atom. The molecule has 0 aliphatic rings. The highest BCUT2D eigenvalue weighted by Crippen LogP contribution is 2.15. The molecular formula is C18H27N5O2. The third-order valence-electron chi connectivity index (χ3n) is 4.49. The van der Waals surface area contributed by atoms with E-state index in [-0.39, 0.29) is 24.5 Å². The van der Waals surface area contributed by atoms with Gasteiger partial charge in [-0.2, -0.15) is 5.10 Å². The molecule has 3 N–H and O–H groups in total. The van der Waals surface area contributed by atoms with Gasteiger partial charge in [0, 0.05) is 6.54 Å². The Kier molecular flexibility index (Phi) is 6.94. The Balaban J connectivity index is 1.84. The standard InChI is InChI=1S/C18H27N5O2/c1-4-14(5-2)17(24)10-20-18(25)22-13(3)15-6-8-16(9-7-15)23-12-19-11-21-23/h6-9,11-14,17,24H,4-5,10H2,1-3H3,(H2,20,22,25). The fraction of sp³-hybridized carbons (Fsp3) is 0.500. The van der Waals surface area contributed by atoms with E-state index in [9.17, 15) is 9.90 Å². The van der Waals surface area contributed by atoms with E-state index in [2.05, 4.69) is 20.7 Å². The summed E-state index contributed by atoms with van der Waals surface area (Å²) >= 11 is 0. The van der Waals surface area contributed by atoms with Crippen LogP contribution in [0.3, 0.4) is 0 Å². The molecular weight excluding hydrogens is 318 g/mol. The molecule has 136 valence electrons. The van der Waals surface area contributed by atoms with Gasteiger partial charge in [-0.25, -0.2) is 14.5 Å². The van der Waals surface area contributed by atoms with Crippen LogP contribution in [0.4, 0.5) is 4.79 Å². The molecule has 2 rings (SSSR count). The number of aliphatic hydroxyl groups is 1. The predicted molar refractivity (Wildman–Crippen MR) is 96.4 cm³/mol. The van der Waals surface area contributed by atoms with Gasteiger partial charge in [-0.05, 0) is 30.5 Å². The topological polar surface area (TPSA) is 92.1 Å². The van der Waals surface area contributed by atoms with E-state index in [1.54, 1.807) is 11.0 Å². The van der Waals surface area contributed by atoms with Gasteiger partial charge in [0.05, 0.1) is 17.8 Å². The van der Waals surface area contributed by atoms with Crippen LogP contribution < -0.4 is 10.6 Å². The van der Waals surface area contributed by atoms with E-state index in [0.29, 0.717) is 0 Å². The van der Waals surface area contributed by atoms with Crippen molar-refractivity contribution in [3.8, 4) is 5.69 Å². The number of aliphatic hydroxyl groups excluding tert-OH is 1. The molecule has 1 aromatic heterocycles. The molecule has 0 saturated carbocycles. The van der Waals surface area contributed by atoms with Crippen molar-refractivity contribution in [2.45, 2.75) is 45.8 Å². The molecule has 2 amide bonds. The minimum atomic E-state index is -0.516. The van der Waals surface area contributed by atoms with Gasteiger partial charge >= 0.3 is 6.03 Å². The molecule has 0 aliphatic heterocycles. The van der Waals surface area contributed by atoms with Crippen molar-refractivity contribution >= 4 is 6.03 Å². The summed E-state index contributed by atoms with van der Waals surface area (Å²) < 4.78 is 1.67. The number of benzene rings is 1. The first-order chi connectivity index (χ1) is 12.0. The van der Waals surface area contributed by atoms with Crippen LogP contribution in [0.5, 0.6) is 0 Å². The maximum atomic E-state index is 12.0. The lowest BCUT2D eigenvalue weighted by Gasteiger charge is -2.21. The summed E-state index contributed by atoms with van der Waals surface area (Å²) in [5.41, 5.74) is 1.89. The summed E-state index contributed by atoms with van der Waals surface area (Å²) in [5, 5.41) is 19.8. The summed E-state index contributed by atoms with van der Waals surface area (Å²) in [6, 6.07) is 7.32. The third kappa shape index (κ3) is 5.29. The molecule has 0 fully saturated rings. The van der Waals surface area contributed by atoms with E-state index in [1.807, 2.05) is 45.0 Å². The van der Waals surface area contributed by atoms with Crippen LogP contribution in [0.2, 0.25) is 0 Å². The molecule has 2 unspecified atom stereocenters. The maximum absolute atomic E-state index is 12.0. The van der Waals surface area contributed by atoms with Gasteiger partial charge in [0.15, 0.2) is 0 Å². The lowest BCUT2D eigenvalue weighted by atomic mass is 9.97. The number of urea groups is 1. The molecule has 1 aromatic carbocycles. The average molecular weight is 345 g/mol. The maximum Gasteiger partial charge on any atom is 0.315 e. The van der Waals surface area contributed by atoms with Crippen molar-refractivity contribution in [3.05, 3.63) is 42.5 Å². The fourth-order valence-corrected chi connectivity index (χ4v) is 2.79. The molecule has 0 spiro atoms. The van der Waals surface area contributed by atoms with Crippen molar-refractivity contribution < 1.29 is 9.90 Å². The first-order valence-electron chi connectivity index (χ1n) is 8.72. The number of carbonyl (C=O) groups is 1. The normalized spacial score (nSPS) is 13.5. The second-order valence-corrected chi connectivity index (χ2v) is 6.15. The molecule has 25 heavy (non-hydrogen) atoms. The Morgan fingerprint density at radius 3 is 2.48 bits per heavy atom. The van der Waals surface area contributed by atoms with Gasteiger partial charge in [-0.3, -0.25) is 0 Å². The van der Waals surface area contributed by atoms with Crippen molar-refractivity contribution in [2.24, 2.45) is 5.92 Å². The van der Waals surface area contributed by atoms with Crippen molar-refractivity contribution in [3.63, 3.8) is 0 Å². The molecule has 0 aliphatic carbocycles. The van der Waals surface area contributed by atoms with E-state index in [0.717, 1.165) is 24.1 Å². The highest BCUT2D eigenvalue weighted by Gasteiger charge is 2.17. The molecule has 1 heterocycles. The Hall–Kier alpha value is -2.41. The number of hydrogen-bond acceptors (Lipinski definition) is 4. The van der Waals surface area contributed by atoms with Gasteiger partial charge in [0.1, 0.15) is 12.7 Å². The second-order valence-electron chi connectivity index (χ2n) is 6.15. The summed E-state index contributed by atoms with van der Waals surface area (Å²) in [5.74, 6) is 0.210. The zero-order valence-corrected chi connectivity index (χ0v) is 15.0. The van der Waals surface area contributed by atoms with Gasteiger partial charge in [0.25, 0.3) is 0 Å². The van der Waals surface area contributed by atoms with Crippen LogP contribution in [0, 0.1) is 5.92 Å². The molecule has 0 radical (unpaired) electrons. The van der Waals surface area contributed by atoms with E-state index in [4.69, 9.17) is 0 Å². The van der Waals surface area contributed by atoms with Crippen molar-refractivity contribution in [2.75, 3.05) is 6.54 Å². The van der Waals surface area contributed by atoms with Gasteiger partial charge < -0.3 is 15.7 Å². The summed E-state index contributed by atoms with van der Waals surface area (Å²) in [7, 11) is 0. The van der Waals surface area contributed by atoms with E-state index in [1.165, 1.54) is 6.33 Å². The summed E-state index contributed by atoms with van der Waals surface area (Å²) in [6.07, 6.45) is 4.40. The van der Waals surface area contributed by atoms with Gasteiger partial charge in [-0.15, -0.1) is 0 Å². The number of amides is 2. The number of nitrogens with one attached hydrogen (secondary N) is 2. The van der Waals surface area contributed by atoms with Crippen LogP contribution in [0.15, 0.2) is 36.9 Å². The molecule has 0 bridgehead atoms. The van der Waals surface area contributed by atoms with Crippen LogP contribution in [-0.2, 0) is 0 Å². The zero-order chi connectivity index (χ0) is 18.2. The molecule has 7 nitrogen and oxygen atoms in total. The highest BCUT2D eigenvalue weighted by molar-refractivity contribution is 5.74. The smallest absolute Gasteiger partial charge is 0.315 e. The van der Waals surface area contributed by atoms with E-state index < -0.39 is 6.10 Å². The Bertz CT molecular complexity index is 638. The lowest BCUT2D eigenvalue weighted by molar-refractivity contribution is 0.103. The molecule has 7 heteroatoms. The first kappa shape index (κ1) is 18.9. The fourth-order valence-electron chi connectivity index (χ4n) is 2.79. The van der Waals surface area contributed by atoms with Gasteiger partial charge in [0.2, 0.25) is 0 Å². The van der Waals surface area contributed by atoms with Gasteiger partial charge in [-0.1, -0.05) is 38.8 Å². The number of carbonyl (C=O) groups excluding carboxylic acids is 1. The molecule has 2 atom stereocenters. The molecule has 0 saturated heterocycles. The minimum absolute atomic E-state index is 0.143. The van der Waals surface area contributed by atoms with Crippen LogP contribution in [0.1, 0.15) is 45.2 Å². The average Bonchev–Trinajstić information content (AvgIpc) is 3.16. The van der Waals surface area contributed by atoms with Crippen LogP contribution in [-0.4, -0.2) is 38.6 Å². The Morgan fingerprint density at radius 1 is 1.24 bits per heavy atom. The Labute approximate surface area is 148 Å². The SMILES string of the molecule is CCC(CC)C(O)CNC(=O)NC(C)c1ccc(-n2cncn2)cc1. The monoisotopic (exact) mass is 345 g/mol. The number of hydrogen-bond donors (Lipinski definition) is 3. The second kappa shape index (κ2) is 9.17. The predicted octanol–water partition coefficient (Wildman–Crippen LogP) is 2.42. The third-order valence-corrected chi connectivity index (χ3v) is 4.49. The van der Waals surface area contributed by atoms with Crippen LogP contribution >= 0.6 is 0 Å². The number of rotatable bonds is 8. The summed E-state index contributed by atoms with van der Waals surface area (Å²) in [4.78, 5) is 15.9.